The Morgan fingerprint density at radius 1 is 1.56 bits per heavy atom. The summed E-state index contributed by atoms with van der Waals surface area (Å²) in [6.07, 6.45) is 4.23. The molecule has 0 aliphatic heterocycles. The second kappa shape index (κ2) is 6.40. The Balaban J connectivity index is 2.60. The van der Waals surface area contributed by atoms with E-state index in [1.807, 2.05) is 6.92 Å². The van der Waals surface area contributed by atoms with Crippen molar-refractivity contribution in [3.63, 3.8) is 0 Å². The molecule has 0 fully saturated rings. The molecule has 0 saturated heterocycles. The highest BCUT2D eigenvalue weighted by Gasteiger charge is 2.13. The number of amides is 1. The molecule has 1 aromatic rings. The largest absolute Gasteiger partial charge is 0.394 e. The Labute approximate surface area is 98.9 Å². The van der Waals surface area contributed by atoms with Crippen LogP contribution in [0.4, 0.5) is 0 Å². The number of rotatable bonds is 5. The molecule has 16 heavy (non-hydrogen) atoms. The first-order valence-electron chi connectivity index (χ1n) is 5.06. The summed E-state index contributed by atoms with van der Waals surface area (Å²) >= 11 is 5.55. The molecule has 0 aliphatic rings. The van der Waals surface area contributed by atoms with Crippen molar-refractivity contribution in [1.82, 2.24) is 15.3 Å². The van der Waals surface area contributed by atoms with Gasteiger partial charge in [0.15, 0.2) is 0 Å². The van der Waals surface area contributed by atoms with Crippen molar-refractivity contribution in [1.29, 1.82) is 0 Å². The molecule has 0 aromatic carbocycles. The summed E-state index contributed by atoms with van der Waals surface area (Å²) in [5.74, 6) is -0.350. The molecule has 1 aromatic heterocycles. The standard InChI is InChI=1S/C10H14ClN3O2/c1-2-3-7(6-15)14-10(16)8-4-13-9(11)5-12-8/h4-5,7,15H,2-3,6H2,1H3,(H,14,16)/t7-/m0/s1. The number of hydrogen-bond acceptors (Lipinski definition) is 4. The summed E-state index contributed by atoms with van der Waals surface area (Å²) in [6.45, 7) is 1.90. The van der Waals surface area contributed by atoms with Gasteiger partial charge in [-0.25, -0.2) is 9.97 Å². The number of aromatic nitrogens is 2. The number of carbonyl (C=O) groups excluding carboxylic acids is 1. The second-order valence-electron chi connectivity index (χ2n) is 3.37. The smallest absolute Gasteiger partial charge is 0.271 e. The fourth-order valence-electron chi connectivity index (χ4n) is 1.25. The molecular weight excluding hydrogens is 230 g/mol. The number of halogens is 1. The van der Waals surface area contributed by atoms with Crippen molar-refractivity contribution in [3.05, 3.63) is 23.2 Å². The van der Waals surface area contributed by atoms with Crippen LogP contribution in [0.1, 0.15) is 30.3 Å². The van der Waals surface area contributed by atoms with Crippen LogP contribution in [0.15, 0.2) is 12.4 Å². The molecule has 2 N–H and O–H groups in total. The summed E-state index contributed by atoms with van der Waals surface area (Å²) in [5, 5.41) is 11.9. The average molecular weight is 244 g/mol. The summed E-state index contributed by atoms with van der Waals surface area (Å²) in [4.78, 5) is 19.2. The van der Waals surface area contributed by atoms with Crippen molar-refractivity contribution in [2.24, 2.45) is 0 Å². The van der Waals surface area contributed by atoms with Gasteiger partial charge in [-0.05, 0) is 6.42 Å². The van der Waals surface area contributed by atoms with Crippen LogP contribution in [0.2, 0.25) is 5.15 Å². The Hall–Kier alpha value is -1.20. The van der Waals surface area contributed by atoms with E-state index in [0.29, 0.717) is 0 Å². The van der Waals surface area contributed by atoms with Gasteiger partial charge in [0.25, 0.3) is 5.91 Å². The molecule has 0 bridgehead atoms. The summed E-state index contributed by atoms with van der Waals surface area (Å²) < 4.78 is 0. The van der Waals surface area contributed by atoms with Crippen molar-refractivity contribution in [3.8, 4) is 0 Å². The van der Waals surface area contributed by atoms with E-state index in [9.17, 15) is 4.79 Å². The van der Waals surface area contributed by atoms with Gasteiger partial charge in [0.1, 0.15) is 10.8 Å². The van der Waals surface area contributed by atoms with Crippen molar-refractivity contribution in [2.45, 2.75) is 25.8 Å². The third-order valence-corrected chi connectivity index (χ3v) is 2.24. The van der Waals surface area contributed by atoms with Crippen molar-refractivity contribution in [2.75, 3.05) is 6.61 Å². The van der Waals surface area contributed by atoms with Crippen molar-refractivity contribution >= 4 is 17.5 Å². The lowest BCUT2D eigenvalue weighted by molar-refractivity contribution is 0.0907. The first-order chi connectivity index (χ1) is 7.67. The van der Waals surface area contributed by atoms with E-state index < -0.39 is 0 Å². The molecule has 1 amide bonds. The molecule has 6 heteroatoms. The molecule has 0 aliphatic carbocycles. The third-order valence-electron chi connectivity index (χ3n) is 2.05. The highest BCUT2D eigenvalue weighted by Crippen LogP contribution is 2.02. The molecule has 0 spiro atoms. The number of aliphatic hydroxyl groups excluding tert-OH is 1. The number of nitrogens with one attached hydrogen (secondary N) is 1. The zero-order chi connectivity index (χ0) is 12.0. The number of aliphatic hydroxyl groups is 1. The van der Waals surface area contributed by atoms with E-state index in [4.69, 9.17) is 16.7 Å². The van der Waals surface area contributed by atoms with Gasteiger partial charge in [0.2, 0.25) is 0 Å². The van der Waals surface area contributed by atoms with E-state index in [0.717, 1.165) is 12.8 Å². The molecule has 0 radical (unpaired) electrons. The molecule has 5 nitrogen and oxygen atoms in total. The van der Waals surface area contributed by atoms with E-state index in [-0.39, 0.29) is 29.4 Å². The van der Waals surface area contributed by atoms with Gasteiger partial charge in [-0.2, -0.15) is 0 Å². The number of carbonyl (C=O) groups is 1. The minimum absolute atomic E-state index is 0.0827. The molecule has 1 rings (SSSR count). The zero-order valence-electron chi connectivity index (χ0n) is 8.98. The van der Waals surface area contributed by atoms with E-state index >= 15 is 0 Å². The third kappa shape index (κ3) is 3.75. The predicted molar refractivity (Wildman–Crippen MR) is 60.3 cm³/mol. The lowest BCUT2D eigenvalue weighted by Crippen LogP contribution is -2.37. The molecule has 0 unspecified atom stereocenters. The van der Waals surface area contributed by atoms with E-state index in [1.165, 1.54) is 12.4 Å². The maximum atomic E-state index is 11.6. The van der Waals surface area contributed by atoms with Crippen LogP contribution in [0, 0.1) is 0 Å². The van der Waals surface area contributed by atoms with Crippen molar-refractivity contribution < 1.29 is 9.90 Å². The number of hydrogen-bond donors (Lipinski definition) is 2. The Bertz CT molecular complexity index is 342. The zero-order valence-corrected chi connectivity index (χ0v) is 9.74. The van der Waals surface area contributed by atoms with Gasteiger partial charge in [-0.15, -0.1) is 0 Å². The summed E-state index contributed by atoms with van der Waals surface area (Å²) in [7, 11) is 0. The predicted octanol–water partition coefficient (Wildman–Crippen LogP) is 1.02. The first-order valence-corrected chi connectivity index (χ1v) is 5.44. The molecule has 88 valence electrons. The van der Waals surface area contributed by atoms with Crippen LogP contribution in [0.3, 0.4) is 0 Å². The van der Waals surface area contributed by atoms with Crippen LogP contribution in [-0.2, 0) is 0 Å². The SMILES string of the molecule is CCC[C@@H](CO)NC(=O)c1cnc(Cl)cn1. The minimum Gasteiger partial charge on any atom is -0.394 e. The monoisotopic (exact) mass is 243 g/mol. The van der Waals surface area contributed by atoms with E-state index in [1.54, 1.807) is 0 Å². The number of nitrogens with zero attached hydrogens (tertiary/aromatic N) is 2. The molecule has 1 heterocycles. The van der Waals surface area contributed by atoms with E-state index in [2.05, 4.69) is 15.3 Å². The van der Waals surface area contributed by atoms with Crippen LogP contribution >= 0.6 is 11.6 Å². The van der Waals surface area contributed by atoms with Crippen LogP contribution in [-0.4, -0.2) is 33.6 Å². The van der Waals surface area contributed by atoms with Gasteiger partial charge in [0.05, 0.1) is 25.0 Å². The van der Waals surface area contributed by atoms with Gasteiger partial charge < -0.3 is 10.4 Å². The Morgan fingerprint density at radius 3 is 2.81 bits per heavy atom. The quantitative estimate of drug-likeness (QED) is 0.810. The molecule has 1 atom stereocenters. The fraction of sp³-hybridized carbons (Fsp3) is 0.500. The first kappa shape index (κ1) is 12.9. The fourth-order valence-corrected chi connectivity index (χ4v) is 1.34. The Kier molecular flexibility index (Phi) is 5.14. The molecular formula is C10H14ClN3O2. The van der Waals surface area contributed by atoms with Gasteiger partial charge >= 0.3 is 0 Å². The lowest BCUT2D eigenvalue weighted by atomic mass is 10.2. The van der Waals surface area contributed by atoms with Crippen LogP contribution in [0.5, 0.6) is 0 Å². The van der Waals surface area contributed by atoms with Gasteiger partial charge in [0, 0.05) is 0 Å². The lowest BCUT2D eigenvalue weighted by Gasteiger charge is -2.14. The minimum atomic E-state index is -0.350. The molecule has 0 saturated carbocycles. The van der Waals surface area contributed by atoms with Crippen LogP contribution in [0.25, 0.3) is 0 Å². The average Bonchev–Trinajstić information content (AvgIpc) is 2.29. The highest BCUT2D eigenvalue weighted by atomic mass is 35.5. The second-order valence-corrected chi connectivity index (χ2v) is 3.75. The highest BCUT2D eigenvalue weighted by molar-refractivity contribution is 6.29. The Morgan fingerprint density at radius 2 is 2.31 bits per heavy atom. The normalized spacial score (nSPS) is 12.2. The summed E-state index contributed by atoms with van der Waals surface area (Å²) in [5.41, 5.74) is 0.193. The van der Waals surface area contributed by atoms with Crippen LogP contribution < -0.4 is 5.32 Å². The topological polar surface area (TPSA) is 75.1 Å². The van der Waals surface area contributed by atoms with Gasteiger partial charge in [-0.1, -0.05) is 24.9 Å². The maximum absolute atomic E-state index is 11.6. The summed E-state index contributed by atoms with van der Waals surface area (Å²) in [6, 6.07) is -0.241. The van der Waals surface area contributed by atoms with Gasteiger partial charge in [-0.3, -0.25) is 4.79 Å². The maximum Gasteiger partial charge on any atom is 0.271 e.